The number of nitrogens with zero attached hydrogens (tertiary/aromatic N) is 1. The average Bonchev–Trinajstić information content (AvgIpc) is 2.01. The van der Waals surface area contributed by atoms with Crippen molar-refractivity contribution in [2.75, 3.05) is 13.1 Å². The van der Waals surface area contributed by atoms with E-state index in [2.05, 4.69) is 13.5 Å². The van der Waals surface area contributed by atoms with E-state index in [1.165, 1.54) is 12.8 Å². The molecule has 0 N–H and O–H groups in total. The minimum atomic E-state index is 0.980. The van der Waals surface area contributed by atoms with Gasteiger partial charge in [0.25, 0.3) is 0 Å². The van der Waals surface area contributed by atoms with Crippen molar-refractivity contribution in [2.24, 2.45) is 0 Å². The number of rotatable bonds is 7. The van der Waals surface area contributed by atoms with E-state index in [9.17, 15) is 0 Å². The molecule has 0 aliphatic heterocycles. The highest BCUT2D eigenvalue weighted by molar-refractivity contribution is 6.13. The Balaban J connectivity index is 3.08. The van der Waals surface area contributed by atoms with Crippen molar-refractivity contribution in [3.05, 3.63) is 12.7 Å². The smallest absolute Gasteiger partial charge is 0.0141 e. The first kappa shape index (κ1) is 11.0. The normalized spacial score (nSPS) is 10.5. The maximum Gasteiger partial charge on any atom is 0.0141 e. The zero-order valence-electron chi connectivity index (χ0n) is 7.35. The van der Waals surface area contributed by atoms with Gasteiger partial charge < -0.3 is 0 Å². The molecule has 0 aromatic heterocycles. The predicted octanol–water partition coefficient (Wildman–Crippen LogP) is 3.21. The van der Waals surface area contributed by atoms with Crippen molar-refractivity contribution in [1.82, 2.24) is 4.42 Å². The Morgan fingerprint density at radius 3 is 2.55 bits per heavy atom. The summed E-state index contributed by atoms with van der Waals surface area (Å²) in [4.78, 5) is 0. The number of hydrogen-bond acceptors (Lipinski definition) is 1. The zero-order chi connectivity index (χ0) is 8.53. The van der Waals surface area contributed by atoms with Crippen LogP contribution < -0.4 is 0 Å². The van der Waals surface area contributed by atoms with Crippen molar-refractivity contribution < 1.29 is 0 Å². The first-order chi connectivity index (χ1) is 5.31. The molecule has 66 valence electrons. The van der Waals surface area contributed by atoms with Crippen LogP contribution in [0.2, 0.25) is 0 Å². The second-order valence-electron chi connectivity index (χ2n) is 2.69. The summed E-state index contributed by atoms with van der Waals surface area (Å²) >= 11 is 5.89. The molecule has 0 rings (SSSR count). The van der Waals surface area contributed by atoms with Crippen LogP contribution >= 0.6 is 11.8 Å². The highest BCUT2D eigenvalue weighted by atomic mass is 35.5. The lowest BCUT2D eigenvalue weighted by Crippen LogP contribution is -2.14. The third kappa shape index (κ3) is 7.89. The van der Waals surface area contributed by atoms with Crippen molar-refractivity contribution in [3.8, 4) is 0 Å². The van der Waals surface area contributed by atoms with E-state index >= 15 is 0 Å². The predicted molar refractivity (Wildman–Crippen MR) is 51.8 cm³/mol. The second-order valence-corrected chi connectivity index (χ2v) is 3.17. The third-order valence-electron chi connectivity index (χ3n) is 1.56. The second kappa shape index (κ2) is 8.09. The summed E-state index contributed by atoms with van der Waals surface area (Å²) < 4.78 is 1.87. The number of halogens is 1. The summed E-state index contributed by atoms with van der Waals surface area (Å²) in [6.45, 7) is 7.82. The van der Waals surface area contributed by atoms with Gasteiger partial charge in [-0.05, 0) is 31.0 Å². The van der Waals surface area contributed by atoms with Gasteiger partial charge in [-0.3, -0.25) is 0 Å². The Labute approximate surface area is 75.1 Å². The van der Waals surface area contributed by atoms with E-state index in [1.54, 1.807) is 0 Å². The first-order valence-electron chi connectivity index (χ1n) is 4.33. The molecule has 0 saturated carbocycles. The van der Waals surface area contributed by atoms with Crippen molar-refractivity contribution in [2.45, 2.75) is 32.6 Å². The molecule has 0 heterocycles. The highest BCUT2D eigenvalue weighted by Crippen LogP contribution is 2.01. The van der Waals surface area contributed by atoms with Crippen LogP contribution in [-0.2, 0) is 0 Å². The van der Waals surface area contributed by atoms with E-state index in [4.69, 9.17) is 11.8 Å². The van der Waals surface area contributed by atoms with E-state index in [0.29, 0.717) is 0 Å². The fraction of sp³-hybridized carbons (Fsp3) is 0.778. The van der Waals surface area contributed by atoms with E-state index < -0.39 is 0 Å². The van der Waals surface area contributed by atoms with Gasteiger partial charge in [0.05, 0.1) is 0 Å². The van der Waals surface area contributed by atoms with Crippen LogP contribution in [0.25, 0.3) is 0 Å². The fourth-order valence-electron chi connectivity index (χ4n) is 0.849. The van der Waals surface area contributed by atoms with Gasteiger partial charge in [0.15, 0.2) is 0 Å². The van der Waals surface area contributed by atoms with Crippen LogP contribution in [-0.4, -0.2) is 17.5 Å². The van der Waals surface area contributed by atoms with Gasteiger partial charge in [-0.25, -0.2) is 4.42 Å². The largest absolute Gasteiger partial charge is 0.220 e. The van der Waals surface area contributed by atoms with Crippen LogP contribution in [0.4, 0.5) is 0 Å². The van der Waals surface area contributed by atoms with E-state index in [1.807, 2.05) is 10.5 Å². The maximum atomic E-state index is 5.89. The van der Waals surface area contributed by atoms with Gasteiger partial charge in [0.1, 0.15) is 0 Å². The van der Waals surface area contributed by atoms with Crippen LogP contribution in [0.1, 0.15) is 32.6 Å². The van der Waals surface area contributed by atoms with Crippen molar-refractivity contribution >= 4 is 11.8 Å². The SMILES string of the molecule is C=CCCCN(Cl)CCCC. The molecule has 0 aromatic rings. The van der Waals surface area contributed by atoms with Gasteiger partial charge in [-0.2, -0.15) is 0 Å². The molecular weight excluding hydrogens is 158 g/mol. The molecule has 0 fully saturated rings. The van der Waals surface area contributed by atoms with Crippen molar-refractivity contribution in [1.29, 1.82) is 0 Å². The Bertz CT molecular complexity index is 93.6. The van der Waals surface area contributed by atoms with Crippen LogP contribution in [0, 0.1) is 0 Å². The molecule has 0 saturated heterocycles. The summed E-state index contributed by atoms with van der Waals surface area (Å²) in [6.07, 6.45) is 6.53. The molecule has 0 aromatic carbocycles. The van der Waals surface area contributed by atoms with Crippen LogP contribution in [0.3, 0.4) is 0 Å². The molecule has 1 nitrogen and oxygen atoms in total. The molecule has 0 aliphatic carbocycles. The Morgan fingerprint density at radius 1 is 1.36 bits per heavy atom. The molecule has 11 heavy (non-hydrogen) atoms. The van der Waals surface area contributed by atoms with Crippen LogP contribution in [0.5, 0.6) is 0 Å². The summed E-state index contributed by atoms with van der Waals surface area (Å²) in [6, 6.07) is 0. The number of hydrogen-bond donors (Lipinski definition) is 0. The quantitative estimate of drug-likeness (QED) is 0.326. The first-order valence-corrected chi connectivity index (χ1v) is 4.66. The molecule has 0 unspecified atom stereocenters. The molecule has 0 amide bonds. The Hall–Kier alpha value is -0.0100. The molecular formula is C9H18ClN. The topological polar surface area (TPSA) is 3.24 Å². The molecule has 0 aliphatic rings. The average molecular weight is 176 g/mol. The van der Waals surface area contributed by atoms with Gasteiger partial charge >= 0.3 is 0 Å². The molecule has 0 radical (unpaired) electrons. The lowest BCUT2D eigenvalue weighted by Gasteiger charge is -2.11. The third-order valence-corrected chi connectivity index (χ3v) is 1.90. The summed E-state index contributed by atoms with van der Waals surface area (Å²) in [5.74, 6) is 0. The van der Waals surface area contributed by atoms with Gasteiger partial charge in [-0.15, -0.1) is 6.58 Å². The zero-order valence-corrected chi connectivity index (χ0v) is 8.11. The fourth-order valence-corrected chi connectivity index (χ4v) is 1.09. The minimum absolute atomic E-state index is 0.980. The number of allylic oxidation sites excluding steroid dienone is 1. The van der Waals surface area contributed by atoms with Gasteiger partial charge in [0.2, 0.25) is 0 Å². The lowest BCUT2D eigenvalue weighted by atomic mass is 10.3. The van der Waals surface area contributed by atoms with Crippen molar-refractivity contribution in [3.63, 3.8) is 0 Å². The molecule has 0 spiro atoms. The summed E-state index contributed by atoms with van der Waals surface area (Å²) in [5, 5.41) is 0. The Kier molecular flexibility index (Phi) is 8.08. The number of unbranched alkanes of at least 4 members (excludes halogenated alkanes) is 2. The van der Waals surface area contributed by atoms with Crippen LogP contribution in [0.15, 0.2) is 12.7 Å². The molecule has 0 atom stereocenters. The van der Waals surface area contributed by atoms with E-state index in [0.717, 1.165) is 25.9 Å². The molecule has 0 bridgehead atoms. The highest BCUT2D eigenvalue weighted by Gasteiger charge is 1.97. The van der Waals surface area contributed by atoms with E-state index in [-0.39, 0.29) is 0 Å². The summed E-state index contributed by atoms with van der Waals surface area (Å²) in [5.41, 5.74) is 0. The standard InChI is InChI=1S/C9H18ClN/c1-3-5-7-9-11(10)8-6-4-2/h3H,1,4-9H2,2H3. The summed E-state index contributed by atoms with van der Waals surface area (Å²) in [7, 11) is 0. The van der Waals surface area contributed by atoms with Gasteiger partial charge in [0, 0.05) is 13.1 Å². The van der Waals surface area contributed by atoms with Gasteiger partial charge in [-0.1, -0.05) is 19.4 Å². The maximum absolute atomic E-state index is 5.89. The minimum Gasteiger partial charge on any atom is -0.220 e. The Morgan fingerprint density at radius 2 is 2.00 bits per heavy atom. The monoisotopic (exact) mass is 175 g/mol. The molecule has 2 heteroatoms. The lowest BCUT2D eigenvalue weighted by molar-refractivity contribution is 0.434.